The minimum absolute atomic E-state index is 0.0445. The van der Waals surface area contributed by atoms with Gasteiger partial charge in [-0.05, 0) is 31.0 Å². The number of aldehydes is 1. The maximum absolute atomic E-state index is 12.4. The number of carbonyl (C=O) groups is 1. The van der Waals surface area contributed by atoms with Crippen LogP contribution in [-0.4, -0.2) is 32.1 Å². The molecule has 1 aromatic carbocycles. The van der Waals surface area contributed by atoms with Gasteiger partial charge in [-0.15, -0.1) is 0 Å². The molecule has 19 heavy (non-hydrogen) atoms. The molecule has 0 unspecified atom stereocenters. The van der Waals surface area contributed by atoms with E-state index in [9.17, 15) is 13.2 Å². The second kappa shape index (κ2) is 5.51. The number of nitriles is 1. The molecule has 0 spiro atoms. The zero-order valence-corrected chi connectivity index (χ0v) is 11.1. The van der Waals surface area contributed by atoms with Gasteiger partial charge in [0.2, 0.25) is 10.0 Å². The van der Waals surface area contributed by atoms with E-state index in [0.717, 1.165) is 6.29 Å². The van der Waals surface area contributed by atoms with Gasteiger partial charge < -0.3 is 4.79 Å². The first-order valence-electron chi connectivity index (χ1n) is 6.03. The molecule has 1 heterocycles. The predicted molar refractivity (Wildman–Crippen MR) is 68.7 cm³/mol. The highest BCUT2D eigenvalue weighted by atomic mass is 32.2. The van der Waals surface area contributed by atoms with Crippen LogP contribution in [0.3, 0.4) is 0 Å². The molecule has 0 aliphatic carbocycles. The number of nitrogens with zero attached hydrogens (tertiary/aromatic N) is 2. The summed E-state index contributed by atoms with van der Waals surface area (Å²) in [4.78, 5) is 10.8. The van der Waals surface area contributed by atoms with Gasteiger partial charge in [-0.25, -0.2) is 8.42 Å². The minimum atomic E-state index is -3.56. The Morgan fingerprint density at radius 1 is 1.32 bits per heavy atom. The Morgan fingerprint density at radius 3 is 2.58 bits per heavy atom. The Hall–Kier alpha value is -1.71. The molecule has 0 saturated carbocycles. The summed E-state index contributed by atoms with van der Waals surface area (Å²) in [5.41, 5.74) is 0.323. The fourth-order valence-corrected chi connectivity index (χ4v) is 3.64. The number of hydrogen-bond acceptors (Lipinski definition) is 4. The van der Waals surface area contributed by atoms with Crippen molar-refractivity contribution < 1.29 is 13.2 Å². The van der Waals surface area contributed by atoms with E-state index in [2.05, 4.69) is 0 Å². The van der Waals surface area contributed by atoms with Crippen LogP contribution >= 0.6 is 0 Å². The molecule has 0 aromatic heterocycles. The summed E-state index contributed by atoms with van der Waals surface area (Å²) in [6, 6.07) is 7.92. The summed E-state index contributed by atoms with van der Waals surface area (Å²) in [5, 5.41) is 8.81. The van der Waals surface area contributed by atoms with Crippen LogP contribution in [0.1, 0.15) is 18.4 Å². The van der Waals surface area contributed by atoms with E-state index in [0.29, 0.717) is 31.5 Å². The molecule has 6 heteroatoms. The maximum Gasteiger partial charge on any atom is 0.243 e. The van der Waals surface area contributed by atoms with Crippen LogP contribution in [0.4, 0.5) is 0 Å². The van der Waals surface area contributed by atoms with Gasteiger partial charge in [0.1, 0.15) is 6.29 Å². The first-order chi connectivity index (χ1) is 9.07. The zero-order chi connectivity index (χ0) is 13.9. The number of piperidine rings is 1. The van der Waals surface area contributed by atoms with Gasteiger partial charge in [0, 0.05) is 19.0 Å². The molecule has 1 aliphatic heterocycles. The summed E-state index contributed by atoms with van der Waals surface area (Å²) in [6.45, 7) is 0.699. The van der Waals surface area contributed by atoms with Crippen molar-refractivity contribution in [2.75, 3.05) is 13.1 Å². The topological polar surface area (TPSA) is 78.2 Å². The summed E-state index contributed by atoms with van der Waals surface area (Å²) in [5.74, 6) is -0.0445. The highest BCUT2D eigenvalue weighted by Crippen LogP contribution is 2.23. The Bertz CT molecular complexity index is 611. The molecule has 100 valence electrons. The Kier molecular flexibility index (Phi) is 3.98. The van der Waals surface area contributed by atoms with E-state index in [1.807, 2.05) is 6.07 Å². The largest absolute Gasteiger partial charge is 0.303 e. The molecule has 1 aliphatic rings. The smallest absolute Gasteiger partial charge is 0.243 e. The van der Waals surface area contributed by atoms with E-state index < -0.39 is 10.0 Å². The number of benzene rings is 1. The maximum atomic E-state index is 12.4. The third-order valence-electron chi connectivity index (χ3n) is 3.29. The fourth-order valence-electron chi connectivity index (χ4n) is 2.13. The van der Waals surface area contributed by atoms with Crippen LogP contribution in [0.2, 0.25) is 0 Å². The van der Waals surface area contributed by atoms with Crippen molar-refractivity contribution in [1.29, 1.82) is 5.26 Å². The summed E-state index contributed by atoms with van der Waals surface area (Å²) in [6.07, 6.45) is 2.00. The Morgan fingerprint density at radius 2 is 2.00 bits per heavy atom. The number of rotatable bonds is 3. The van der Waals surface area contributed by atoms with Crippen LogP contribution in [0.25, 0.3) is 0 Å². The van der Waals surface area contributed by atoms with E-state index >= 15 is 0 Å². The summed E-state index contributed by atoms with van der Waals surface area (Å²) >= 11 is 0. The first kappa shape index (κ1) is 13.7. The molecule has 0 amide bonds. The normalized spacial score (nSPS) is 17.8. The lowest BCUT2D eigenvalue weighted by Gasteiger charge is -2.28. The van der Waals surface area contributed by atoms with Crippen molar-refractivity contribution in [2.24, 2.45) is 5.92 Å². The van der Waals surface area contributed by atoms with Gasteiger partial charge in [0.05, 0.1) is 16.5 Å². The van der Waals surface area contributed by atoms with Crippen molar-refractivity contribution in [3.63, 3.8) is 0 Å². The quantitative estimate of drug-likeness (QED) is 0.777. The first-order valence-corrected chi connectivity index (χ1v) is 7.47. The van der Waals surface area contributed by atoms with E-state index in [1.165, 1.54) is 16.4 Å². The van der Waals surface area contributed by atoms with Crippen molar-refractivity contribution in [2.45, 2.75) is 17.7 Å². The monoisotopic (exact) mass is 278 g/mol. The highest BCUT2D eigenvalue weighted by Gasteiger charge is 2.29. The van der Waals surface area contributed by atoms with Crippen molar-refractivity contribution >= 4 is 16.3 Å². The Labute approximate surface area is 112 Å². The lowest BCUT2D eigenvalue weighted by atomic mass is 10.0. The molecule has 0 N–H and O–H groups in total. The van der Waals surface area contributed by atoms with Gasteiger partial charge in [0.15, 0.2) is 0 Å². The Balaban J connectivity index is 2.23. The van der Waals surface area contributed by atoms with Crippen molar-refractivity contribution in [1.82, 2.24) is 4.31 Å². The average molecular weight is 278 g/mol. The van der Waals surface area contributed by atoms with Gasteiger partial charge in [-0.1, -0.05) is 6.07 Å². The lowest BCUT2D eigenvalue weighted by Crippen LogP contribution is -2.38. The van der Waals surface area contributed by atoms with E-state index in [1.54, 1.807) is 12.1 Å². The van der Waals surface area contributed by atoms with E-state index in [4.69, 9.17) is 5.26 Å². The van der Waals surface area contributed by atoms with Gasteiger partial charge in [-0.2, -0.15) is 9.57 Å². The highest BCUT2D eigenvalue weighted by molar-refractivity contribution is 7.89. The number of carbonyl (C=O) groups excluding carboxylic acids is 1. The third kappa shape index (κ3) is 2.83. The van der Waals surface area contributed by atoms with Crippen molar-refractivity contribution in [3.05, 3.63) is 29.8 Å². The second-order valence-corrected chi connectivity index (χ2v) is 6.46. The van der Waals surface area contributed by atoms with Crippen LogP contribution in [0.5, 0.6) is 0 Å². The second-order valence-electron chi connectivity index (χ2n) is 4.52. The summed E-state index contributed by atoms with van der Waals surface area (Å²) < 4.78 is 26.1. The summed E-state index contributed by atoms with van der Waals surface area (Å²) in [7, 11) is -3.56. The van der Waals surface area contributed by atoms with Gasteiger partial charge in [-0.3, -0.25) is 0 Å². The molecule has 1 saturated heterocycles. The van der Waals surface area contributed by atoms with Gasteiger partial charge >= 0.3 is 0 Å². The number of sulfonamides is 1. The molecule has 0 bridgehead atoms. The fraction of sp³-hybridized carbons (Fsp3) is 0.385. The average Bonchev–Trinajstić information content (AvgIpc) is 2.47. The van der Waals surface area contributed by atoms with Crippen molar-refractivity contribution in [3.8, 4) is 6.07 Å². The van der Waals surface area contributed by atoms with E-state index in [-0.39, 0.29) is 10.8 Å². The van der Waals surface area contributed by atoms with Crippen LogP contribution in [0, 0.1) is 17.2 Å². The van der Waals surface area contributed by atoms with Crippen LogP contribution < -0.4 is 0 Å². The molecular formula is C13H14N2O3S. The lowest BCUT2D eigenvalue weighted by molar-refractivity contribution is -0.112. The molecule has 5 nitrogen and oxygen atoms in total. The van der Waals surface area contributed by atoms with Gasteiger partial charge in [0.25, 0.3) is 0 Å². The standard InChI is InChI=1S/C13H14N2O3S/c14-9-12-2-1-3-13(8-12)19(17,18)15-6-4-11(10-16)5-7-15/h1-3,8,10-11H,4-7H2. The molecule has 2 rings (SSSR count). The van der Waals surface area contributed by atoms with Crippen LogP contribution in [0.15, 0.2) is 29.2 Å². The number of hydrogen-bond donors (Lipinski definition) is 0. The third-order valence-corrected chi connectivity index (χ3v) is 5.19. The SMILES string of the molecule is N#Cc1cccc(S(=O)(=O)N2CCC(C=O)CC2)c1. The van der Waals surface area contributed by atoms with Crippen LogP contribution in [-0.2, 0) is 14.8 Å². The molecule has 0 atom stereocenters. The molecule has 0 radical (unpaired) electrons. The molecule has 1 fully saturated rings. The predicted octanol–water partition coefficient (Wildman–Crippen LogP) is 1.16. The molecular weight excluding hydrogens is 264 g/mol. The minimum Gasteiger partial charge on any atom is -0.303 e. The molecule has 1 aromatic rings. The zero-order valence-electron chi connectivity index (χ0n) is 10.3.